The first kappa shape index (κ1) is 17.1. The van der Waals surface area contributed by atoms with E-state index < -0.39 is 0 Å². The van der Waals surface area contributed by atoms with Crippen LogP contribution in [0, 0.1) is 0 Å². The van der Waals surface area contributed by atoms with Gasteiger partial charge in [0.2, 0.25) is 0 Å². The summed E-state index contributed by atoms with van der Waals surface area (Å²) in [5, 5.41) is 0. The Bertz CT molecular complexity index is 531. The number of piperazine rings is 1. The second kappa shape index (κ2) is 7.92. The fourth-order valence-corrected chi connectivity index (χ4v) is 3.66. The predicted molar refractivity (Wildman–Crippen MR) is 93.8 cm³/mol. The number of carbonyl (C=O) groups excluding carboxylic acids is 1. The van der Waals surface area contributed by atoms with Crippen molar-refractivity contribution in [2.45, 2.75) is 44.6 Å². The highest BCUT2D eigenvalue weighted by atomic mass is 16.2. The first-order chi connectivity index (χ1) is 11.6. The summed E-state index contributed by atoms with van der Waals surface area (Å²) in [5.74, 6) is 1.59. The van der Waals surface area contributed by atoms with Crippen LogP contribution in [0.3, 0.4) is 0 Å². The van der Waals surface area contributed by atoms with E-state index in [9.17, 15) is 4.79 Å². The second-order valence-electron chi connectivity index (χ2n) is 7.22. The van der Waals surface area contributed by atoms with Crippen LogP contribution in [0.5, 0.6) is 0 Å². The van der Waals surface area contributed by atoms with Crippen LogP contribution in [0.25, 0.3) is 0 Å². The molecule has 2 heterocycles. The van der Waals surface area contributed by atoms with Crippen LogP contribution in [0.15, 0.2) is 12.4 Å². The van der Waals surface area contributed by atoms with Gasteiger partial charge in [-0.1, -0.05) is 19.3 Å². The molecule has 24 heavy (non-hydrogen) atoms. The van der Waals surface area contributed by atoms with Crippen molar-refractivity contribution in [3.05, 3.63) is 23.8 Å². The highest BCUT2D eigenvalue weighted by molar-refractivity contribution is 5.73. The van der Waals surface area contributed by atoms with Crippen LogP contribution in [0.1, 0.15) is 49.4 Å². The molecule has 6 heteroatoms. The zero-order valence-electron chi connectivity index (χ0n) is 14.9. The van der Waals surface area contributed by atoms with Crippen molar-refractivity contribution in [3.8, 4) is 0 Å². The Morgan fingerprint density at radius 3 is 2.29 bits per heavy atom. The SMILES string of the molecule is CN(C)C(=O)N1CCN(Cc2cnc(C3CCCCC3)nc2)CC1. The molecule has 0 N–H and O–H groups in total. The first-order valence-electron chi connectivity index (χ1n) is 9.13. The summed E-state index contributed by atoms with van der Waals surface area (Å²) in [4.78, 5) is 27.2. The van der Waals surface area contributed by atoms with Crippen LogP contribution in [0.2, 0.25) is 0 Å². The topological polar surface area (TPSA) is 52.6 Å². The molecule has 132 valence electrons. The lowest BCUT2D eigenvalue weighted by molar-refractivity contribution is 0.120. The zero-order chi connectivity index (χ0) is 16.9. The largest absolute Gasteiger partial charge is 0.331 e. The van der Waals surface area contributed by atoms with Gasteiger partial charge in [0.1, 0.15) is 5.82 Å². The van der Waals surface area contributed by atoms with E-state index in [2.05, 4.69) is 14.9 Å². The van der Waals surface area contributed by atoms with Gasteiger partial charge in [0.05, 0.1) is 0 Å². The molecule has 0 bridgehead atoms. The van der Waals surface area contributed by atoms with Gasteiger partial charge in [-0.05, 0) is 12.8 Å². The van der Waals surface area contributed by atoms with Crippen LogP contribution in [-0.2, 0) is 6.54 Å². The molecule has 1 saturated heterocycles. The van der Waals surface area contributed by atoms with Crippen molar-refractivity contribution in [1.29, 1.82) is 0 Å². The predicted octanol–water partition coefficient (Wildman–Crippen LogP) is 2.32. The minimum atomic E-state index is 0.106. The van der Waals surface area contributed by atoms with Crippen LogP contribution >= 0.6 is 0 Å². The van der Waals surface area contributed by atoms with Gasteiger partial charge in [0.25, 0.3) is 0 Å². The van der Waals surface area contributed by atoms with E-state index in [4.69, 9.17) is 0 Å². The maximum absolute atomic E-state index is 12.0. The number of aromatic nitrogens is 2. The maximum Gasteiger partial charge on any atom is 0.319 e. The van der Waals surface area contributed by atoms with E-state index in [0.717, 1.165) is 38.5 Å². The average molecular weight is 331 g/mol. The minimum Gasteiger partial charge on any atom is -0.331 e. The average Bonchev–Trinajstić information content (AvgIpc) is 2.63. The highest BCUT2D eigenvalue weighted by Crippen LogP contribution is 2.30. The number of carbonyl (C=O) groups is 1. The highest BCUT2D eigenvalue weighted by Gasteiger charge is 2.22. The number of urea groups is 1. The molecular formula is C18H29N5O. The minimum absolute atomic E-state index is 0.106. The van der Waals surface area contributed by atoms with E-state index in [1.165, 1.54) is 37.7 Å². The van der Waals surface area contributed by atoms with Gasteiger partial charge < -0.3 is 9.80 Å². The summed E-state index contributed by atoms with van der Waals surface area (Å²) in [6.07, 6.45) is 10.4. The fourth-order valence-electron chi connectivity index (χ4n) is 3.66. The number of nitrogens with zero attached hydrogens (tertiary/aromatic N) is 5. The van der Waals surface area contributed by atoms with Crippen LogP contribution < -0.4 is 0 Å². The molecule has 1 aliphatic carbocycles. The molecule has 6 nitrogen and oxygen atoms in total. The molecular weight excluding hydrogens is 302 g/mol. The summed E-state index contributed by atoms with van der Waals surface area (Å²) in [7, 11) is 3.61. The number of rotatable bonds is 3. The molecule has 2 amide bonds. The number of hydrogen-bond donors (Lipinski definition) is 0. The fraction of sp³-hybridized carbons (Fsp3) is 0.722. The monoisotopic (exact) mass is 331 g/mol. The van der Waals surface area contributed by atoms with Crippen molar-refractivity contribution < 1.29 is 4.79 Å². The summed E-state index contributed by atoms with van der Waals surface area (Å²) in [6.45, 7) is 4.26. The van der Waals surface area contributed by atoms with Gasteiger partial charge in [-0.2, -0.15) is 0 Å². The second-order valence-corrected chi connectivity index (χ2v) is 7.22. The summed E-state index contributed by atoms with van der Waals surface area (Å²) in [6, 6.07) is 0.106. The summed E-state index contributed by atoms with van der Waals surface area (Å²) in [5.41, 5.74) is 1.17. The van der Waals surface area contributed by atoms with Gasteiger partial charge in [-0.15, -0.1) is 0 Å². The van der Waals surface area contributed by atoms with Gasteiger partial charge in [-0.3, -0.25) is 4.90 Å². The molecule has 0 spiro atoms. The van der Waals surface area contributed by atoms with E-state index in [-0.39, 0.29) is 6.03 Å². The molecule has 1 aromatic rings. The van der Waals surface area contributed by atoms with Gasteiger partial charge in [-0.25, -0.2) is 14.8 Å². The Morgan fingerprint density at radius 1 is 1.08 bits per heavy atom. The van der Waals surface area contributed by atoms with Gasteiger partial charge in [0.15, 0.2) is 0 Å². The Balaban J connectivity index is 1.49. The lowest BCUT2D eigenvalue weighted by atomic mass is 9.89. The molecule has 1 aliphatic heterocycles. The summed E-state index contributed by atoms with van der Waals surface area (Å²) >= 11 is 0. The van der Waals surface area contributed by atoms with Crippen LogP contribution in [0.4, 0.5) is 4.79 Å². The Hall–Kier alpha value is -1.69. The van der Waals surface area contributed by atoms with E-state index >= 15 is 0 Å². The van der Waals surface area contributed by atoms with E-state index in [0.29, 0.717) is 5.92 Å². The third-order valence-corrected chi connectivity index (χ3v) is 5.13. The Labute approximate surface area is 144 Å². The van der Waals surface area contributed by atoms with Crippen molar-refractivity contribution in [1.82, 2.24) is 24.7 Å². The molecule has 3 rings (SSSR count). The quantitative estimate of drug-likeness (QED) is 0.853. The van der Waals surface area contributed by atoms with Gasteiger partial charge in [0, 0.05) is 70.7 Å². The standard InChI is InChI=1S/C18H29N5O/c1-21(2)18(24)23-10-8-22(9-11-23)14-15-12-19-17(20-13-15)16-6-4-3-5-7-16/h12-13,16H,3-11,14H2,1-2H3. The maximum atomic E-state index is 12.0. The molecule has 0 unspecified atom stereocenters. The van der Waals surface area contributed by atoms with Crippen molar-refractivity contribution in [2.75, 3.05) is 40.3 Å². The van der Waals surface area contributed by atoms with E-state index in [1.807, 2.05) is 17.3 Å². The van der Waals surface area contributed by atoms with Gasteiger partial charge >= 0.3 is 6.03 Å². The molecule has 0 radical (unpaired) electrons. The Morgan fingerprint density at radius 2 is 1.71 bits per heavy atom. The third-order valence-electron chi connectivity index (χ3n) is 5.13. The Kier molecular flexibility index (Phi) is 5.66. The summed E-state index contributed by atoms with van der Waals surface area (Å²) < 4.78 is 0. The molecule has 0 atom stereocenters. The van der Waals surface area contributed by atoms with E-state index in [1.54, 1.807) is 19.0 Å². The zero-order valence-corrected chi connectivity index (χ0v) is 14.9. The number of hydrogen-bond acceptors (Lipinski definition) is 4. The lowest BCUT2D eigenvalue weighted by Gasteiger charge is -2.35. The molecule has 0 aromatic carbocycles. The normalized spacial score (nSPS) is 20.2. The lowest BCUT2D eigenvalue weighted by Crippen LogP contribution is -2.51. The molecule has 2 aliphatic rings. The van der Waals surface area contributed by atoms with Crippen molar-refractivity contribution in [3.63, 3.8) is 0 Å². The molecule has 2 fully saturated rings. The van der Waals surface area contributed by atoms with Crippen molar-refractivity contribution in [2.24, 2.45) is 0 Å². The molecule has 1 aromatic heterocycles. The smallest absolute Gasteiger partial charge is 0.319 e. The van der Waals surface area contributed by atoms with Crippen molar-refractivity contribution >= 4 is 6.03 Å². The number of amides is 2. The third kappa shape index (κ3) is 4.23. The van der Waals surface area contributed by atoms with Crippen LogP contribution in [-0.4, -0.2) is 71.0 Å². The first-order valence-corrected chi connectivity index (χ1v) is 9.13. The molecule has 1 saturated carbocycles.